The standard InChI is InChI=1S/C14H14BrN3O2S/c1-7-12(21-6-16-7)5-18(2)11-4-10-8(3-9(11)15)13(19)14(20)17-10/h3-4,6,13,19H,5H2,1-2H3,(H,17,20). The number of carbonyl (C=O) groups is 1. The Morgan fingerprint density at radius 2 is 2.29 bits per heavy atom. The number of hydrogen-bond acceptors (Lipinski definition) is 5. The van der Waals surface area contributed by atoms with Gasteiger partial charge in [-0.25, -0.2) is 4.98 Å². The summed E-state index contributed by atoms with van der Waals surface area (Å²) in [7, 11) is 1.98. The van der Waals surface area contributed by atoms with Crippen LogP contribution in [0.1, 0.15) is 22.2 Å². The Balaban J connectivity index is 1.91. The highest BCUT2D eigenvalue weighted by molar-refractivity contribution is 9.10. The number of carbonyl (C=O) groups excluding carboxylic acids is 1. The van der Waals surface area contributed by atoms with Crippen LogP contribution in [0.25, 0.3) is 0 Å². The SMILES string of the molecule is Cc1ncsc1CN(C)c1cc2c(cc1Br)C(O)C(=O)N2. The van der Waals surface area contributed by atoms with Crippen LogP contribution in [0.4, 0.5) is 11.4 Å². The van der Waals surface area contributed by atoms with E-state index in [9.17, 15) is 9.90 Å². The van der Waals surface area contributed by atoms with Crippen LogP contribution >= 0.6 is 27.3 Å². The summed E-state index contributed by atoms with van der Waals surface area (Å²) >= 11 is 5.14. The summed E-state index contributed by atoms with van der Waals surface area (Å²) in [4.78, 5) is 19.1. The zero-order valence-corrected chi connectivity index (χ0v) is 14.0. The molecule has 0 saturated heterocycles. The van der Waals surface area contributed by atoms with Gasteiger partial charge in [0.2, 0.25) is 0 Å². The van der Waals surface area contributed by atoms with Crippen LogP contribution in [0.5, 0.6) is 0 Å². The minimum absolute atomic E-state index is 0.380. The van der Waals surface area contributed by atoms with Gasteiger partial charge >= 0.3 is 0 Å². The molecule has 1 aromatic carbocycles. The average Bonchev–Trinajstić information content (AvgIpc) is 2.95. The third kappa shape index (κ3) is 2.56. The lowest BCUT2D eigenvalue weighted by molar-refractivity contribution is -0.123. The lowest BCUT2D eigenvalue weighted by Crippen LogP contribution is -2.17. The Bertz CT molecular complexity index is 716. The molecule has 1 atom stereocenters. The number of anilines is 2. The molecule has 2 heterocycles. The summed E-state index contributed by atoms with van der Waals surface area (Å²) in [5, 5.41) is 12.5. The second kappa shape index (κ2) is 5.40. The number of aryl methyl sites for hydroxylation is 1. The maximum Gasteiger partial charge on any atom is 0.257 e. The minimum atomic E-state index is -1.08. The van der Waals surface area contributed by atoms with Crippen LogP contribution in [0, 0.1) is 6.92 Å². The number of thiazole rings is 1. The van der Waals surface area contributed by atoms with E-state index in [1.165, 1.54) is 4.88 Å². The second-order valence-corrected chi connectivity index (χ2v) is 6.79. The summed E-state index contributed by atoms with van der Waals surface area (Å²) in [5.74, 6) is -0.380. The van der Waals surface area contributed by atoms with Crippen molar-refractivity contribution < 1.29 is 9.90 Å². The van der Waals surface area contributed by atoms with E-state index < -0.39 is 6.10 Å². The third-order valence-corrected chi connectivity index (χ3v) is 5.11. The maximum atomic E-state index is 11.5. The van der Waals surface area contributed by atoms with Crippen LogP contribution in [0.2, 0.25) is 0 Å². The summed E-state index contributed by atoms with van der Waals surface area (Å²) in [6.07, 6.45) is -1.08. The topological polar surface area (TPSA) is 65.5 Å². The van der Waals surface area contributed by atoms with Gasteiger partial charge in [-0.2, -0.15) is 0 Å². The van der Waals surface area contributed by atoms with Crippen LogP contribution in [-0.2, 0) is 11.3 Å². The molecule has 0 saturated carbocycles. The van der Waals surface area contributed by atoms with Crippen molar-refractivity contribution in [1.82, 2.24) is 4.98 Å². The first-order chi connectivity index (χ1) is 9.97. The molecule has 1 aliphatic rings. The monoisotopic (exact) mass is 367 g/mol. The van der Waals surface area contributed by atoms with E-state index in [1.54, 1.807) is 17.4 Å². The molecule has 1 aliphatic heterocycles. The van der Waals surface area contributed by atoms with E-state index in [-0.39, 0.29) is 5.91 Å². The van der Waals surface area contributed by atoms with Crippen molar-refractivity contribution >= 4 is 44.5 Å². The molecule has 0 fully saturated rings. The second-order valence-electron chi connectivity index (χ2n) is 5.00. The van der Waals surface area contributed by atoms with Crippen LogP contribution in [0.15, 0.2) is 22.1 Å². The zero-order chi connectivity index (χ0) is 15.1. The fourth-order valence-electron chi connectivity index (χ4n) is 2.33. The summed E-state index contributed by atoms with van der Waals surface area (Å²) in [5.41, 5.74) is 5.10. The number of fused-ring (bicyclic) bond motifs is 1. The molecule has 1 aromatic heterocycles. The smallest absolute Gasteiger partial charge is 0.257 e. The highest BCUT2D eigenvalue weighted by atomic mass is 79.9. The van der Waals surface area contributed by atoms with Crippen molar-refractivity contribution in [1.29, 1.82) is 0 Å². The molecule has 2 N–H and O–H groups in total. The van der Waals surface area contributed by atoms with Gasteiger partial charge in [-0.15, -0.1) is 11.3 Å². The van der Waals surface area contributed by atoms with Crippen LogP contribution in [-0.4, -0.2) is 23.0 Å². The van der Waals surface area contributed by atoms with Gasteiger partial charge in [-0.05, 0) is 35.0 Å². The number of rotatable bonds is 3. The Morgan fingerprint density at radius 3 is 2.95 bits per heavy atom. The summed E-state index contributed by atoms with van der Waals surface area (Å²) < 4.78 is 0.849. The van der Waals surface area contributed by atoms with Crippen LogP contribution < -0.4 is 10.2 Å². The fraction of sp³-hybridized carbons (Fsp3) is 0.286. The van der Waals surface area contributed by atoms with Crippen molar-refractivity contribution in [2.75, 3.05) is 17.3 Å². The molecule has 0 radical (unpaired) electrons. The molecule has 110 valence electrons. The molecule has 3 rings (SSSR count). The normalized spacial score (nSPS) is 16.8. The van der Waals surface area contributed by atoms with E-state index in [2.05, 4.69) is 31.1 Å². The van der Waals surface area contributed by atoms with Crippen molar-refractivity contribution in [3.8, 4) is 0 Å². The Labute approximate surface area is 134 Å². The first-order valence-electron chi connectivity index (χ1n) is 6.40. The third-order valence-electron chi connectivity index (χ3n) is 3.56. The van der Waals surface area contributed by atoms with Gasteiger partial charge < -0.3 is 15.3 Å². The molecule has 0 bridgehead atoms. The number of aliphatic hydroxyl groups excluding tert-OH is 1. The van der Waals surface area contributed by atoms with Crippen LogP contribution in [0.3, 0.4) is 0 Å². The highest BCUT2D eigenvalue weighted by Crippen LogP contribution is 2.39. The first kappa shape index (κ1) is 14.5. The number of nitrogens with zero attached hydrogens (tertiary/aromatic N) is 2. The van der Waals surface area contributed by atoms with Gasteiger partial charge in [-0.1, -0.05) is 0 Å². The summed E-state index contributed by atoms with van der Waals surface area (Å²) in [6, 6.07) is 3.67. The minimum Gasteiger partial charge on any atom is -0.378 e. The predicted octanol–water partition coefficient (Wildman–Crippen LogP) is 2.84. The van der Waals surface area contributed by atoms with E-state index >= 15 is 0 Å². The van der Waals surface area contributed by atoms with Gasteiger partial charge in [0, 0.05) is 27.6 Å². The van der Waals surface area contributed by atoms with E-state index in [1.807, 2.05) is 25.5 Å². The Kier molecular flexibility index (Phi) is 3.73. The number of nitrogens with one attached hydrogen (secondary N) is 1. The number of amides is 1. The van der Waals surface area contributed by atoms with Gasteiger partial charge in [0.15, 0.2) is 6.10 Å². The first-order valence-corrected chi connectivity index (χ1v) is 8.07. The Morgan fingerprint density at radius 1 is 1.52 bits per heavy atom. The predicted molar refractivity (Wildman–Crippen MR) is 86.7 cm³/mol. The average molecular weight is 368 g/mol. The largest absolute Gasteiger partial charge is 0.378 e. The molecule has 7 heteroatoms. The number of aromatic nitrogens is 1. The molecule has 0 aliphatic carbocycles. The quantitative estimate of drug-likeness (QED) is 0.875. The van der Waals surface area contributed by atoms with Gasteiger partial charge in [0.05, 0.1) is 23.4 Å². The van der Waals surface area contributed by atoms with Crippen molar-refractivity contribution in [2.24, 2.45) is 0 Å². The van der Waals surface area contributed by atoms with Crippen molar-refractivity contribution in [2.45, 2.75) is 19.6 Å². The molecule has 2 aromatic rings. The Hall–Kier alpha value is -1.44. The fourth-order valence-corrected chi connectivity index (χ4v) is 3.82. The lowest BCUT2D eigenvalue weighted by Gasteiger charge is -2.21. The molecular weight excluding hydrogens is 354 g/mol. The van der Waals surface area contributed by atoms with Gasteiger partial charge in [0.25, 0.3) is 5.91 Å². The molecule has 1 amide bonds. The maximum absolute atomic E-state index is 11.5. The van der Waals surface area contributed by atoms with E-state index in [4.69, 9.17) is 0 Å². The molecule has 5 nitrogen and oxygen atoms in total. The summed E-state index contributed by atoms with van der Waals surface area (Å²) in [6.45, 7) is 2.73. The number of halogens is 1. The van der Waals surface area contributed by atoms with E-state index in [0.717, 1.165) is 22.4 Å². The number of benzene rings is 1. The molecule has 0 spiro atoms. The van der Waals surface area contributed by atoms with Gasteiger partial charge in [-0.3, -0.25) is 4.79 Å². The number of hydrogen-bond donors (Lipinski definition) is 2. The lowest BCUT2D eigenvalue weighted by atomic mass is 10.1. The van der Waals surface area contributed by atoms with E-state index in [0.29, 0.717) is 11.3 Å². The molecular formula is C14H14BrN3O2S. The van der Waals surface area contributed by atoms with Crippen molar-refractivity contribution in [3.63, 3.8) is 0 Å². The van der Waals surface area contributed by atoms with Crippen molar-refractivity contribution in [3.05, 3.63) is 38.3 Å². The number of aliphatic hydroxyl groups is 1. The zero-order valence-electron chi connectivity index (χ0n) is 11.6. The molecule has 21 heavy (non-hydrogen) atoms. The molecule has 1 unspecified atom stereocenters. The highest BCUT2D eigenvalue weighted by Gasteiger charge is 2.29. The van der Waals surface area contributed by atoms with Gasteiger partial charge in [0.1, 0.15) is 0 Å².